The minimum Gasteiger partial charge on any atom is -0.369 e. The topological polar surface area (TPSA) is 37.8 Å². The van der Waals surface area contributed by atoms with Crippen molar-refractivity contribution in [1.82, 2.24) is 9.97 Å². The summed E-state index contributed by atoms with van der Waals surface area (Å²) in [6, 6.07) is 0. The fraction of sp³-hybridized carbons (Fsp3) is 0.714. The molecule has 4 heteroatoms. The summed E-state index contributed by atoms with van der Waals surface area (Å²) < 4.78 is 1.02. The summed E-state index contributed by atoms with van der Waals surface area (Å²) in [6.45, 7) is 9.69. The van der Waals surface area contributed by atoms with Gasteiger partial charge in [-0.1, -0.05) is 27.7 Å². The molecule has 0 saturated carbocycles. The third kappa shape index (κ3) is 4.56. The quantitative estimate of drug-likeness (QED) is 0.819. The largest absolute Gasteiger partial charge is 0.369 e. The van der Waals surface area contributed by atoms with E-state index >= 15 is 0 Å². The number of nitrogens with one attached hydrogen (secondary N) is 1. The van der Waals surface area contributed by atoms with E-state index in [0.717, 1.165) is 54.0 Å². The van der Waals surface area contributed by atoms with Crippen LogP contribution in [0.4, 0.5) is 5.82 Å². The van der Waals surface area contributed by atoms with Gasteiger partial charge in [-0.15, -0.1) is 0 Å². The Bertz CT molecular complexity index is 378. The van der Waals surface area contributed by atoms with Crippen molar-refractivity contribution < 1.29 is 0 Å². The molecule has 0 saturated heterocycles. The van der Waals surface area contributed by atoms with Gasteiger partial charge in [-0.2, -0.15) is 0 Å². The van der Waals surface area contributed by atoms with Gasteiger partial charge >= 0.3 is 0 Å². The summed E-state index contributed by atoms with van der Waals surface area (Å²) in [6.07, 6.45) is 4.12. The second-order valence-corrected chi connectivity index (χ2v) is 5.75. The summed E-state index contributed by atoms with van der Waals surface area (Å²) in [4.78, 5) is 9.25. The molecule has 0 aliphatic rings. The number of halogens is 1. The Morgan fingerprint density at radius 3 is 2.50 bits per heavy atom. The first-order valence-electron chi connectivity index (χ1n) is 6.87. The summed E-state index contributed by atoms with van der Waals surface area (Å²) >= 11 is 3.60. The number of hydrogen-bond acceptors (Lipinski definition) is 3. The molecule has 0 aliphatic heterocycles. The van der Waals surface area contributed by atoms with Crippen LogP contribution in [-0.2, 0) is 12.8 Å². The van der Waals surface area contributed by atoms with Crippen molar-refractivity contribution >= 4 is 21.7 Å². The molecular formula is C14H24BrN3. The van der Waals surface area contributed by atoms with E-state index in [2.05, 4.69) is 58.9 Å². The Morgan fingerprint density at radius 1 is 1.22 bits per heavy atom. The average molecular weight is 314 g/mol. The molecular weight excluding hydrogens is 290 g/mol. The molecule has 1 aromatic rings. The Morgan fingerprint density at radius 2 is 1.94 bits per heavy atom. The Hall–Kier alpha value is -0.640. The van der Waals surface area contributed by atoms with Crippen LogP contribution in [0.2, 0.25) is 0 Å². The number of aromatic nitrogens is 2. The number of hydrogen-bond donors (Lipinski definition) is 1. The van der Waals surface area contributed by atoms with E-state index in [9.17, 15) is 0 Å². The van der Waals surface area contributed by atoms with E-state index in [0.29, 0.717) is 5.92 Å². The van der Waals surface area contributed by atoms with Gasteiger partial charge in [0.2, 0.25) is 0 Å². The van der Waals surface area contributed by atoms with Crippen LogP contribution in [0.15, 0.2) is 4.47 Å². The maximum Gasteiger partial charge on any atom is 0.144 e. The lowest BCUT2D eigenvalue weighted by Crippen LogP contribution is -2.09. The zero-order chi connectivity index (χ0) is 13.5. The number of rotatable bonds is 7. The third-order valence-corrected chi connectivity index (χ3v) is 3.62. The van der Waals surface area contributed by atoms with Crippen molar-refractivity contribution in [3.8, 4) is 0 Å². The summed E-state index contributed by atoms with van der Waals surface area (Å²) in [7, 11) is 0. The zero-order valence-corrected chi connectivity index (χ0v) is 13.5. The van der Waals surface area contributed by atoms with Gasteiger partial charge in [-0.05, 0) is 41.1 Å². The van der Waals surface area contributed by atoms with Crippen molar-refractivity contribution in [2.24, 2.45) is 5.92 Å². The summed E-state index contributed by atoms with van der Waals surface area (Å²) in [5.41, 5.74) is 1.10. The standard InChI is InChI=1S/C14H24BrN3/c1-5-9-16-14-13(15)11(6-2)17-12(18-14)8-7-10(3)4/h10H,5-9H2,1-4H3,(H,16,17,18). The summed E-state index contributed by atoms with van der Waals surface area (Å²) in [5, 5.41) is 3.37. The predicted octanol–water partition coefficient (Wildman–Crippen LogP) is 4.21. The van der Waals surface area contributed by atoms with Gasteiger partial charge in [0.25, 0.3) is 0 Å². The lowest BCUT2D eigenvalue weighted by molar-refractivity contribution is 0.573. The second-order valence-electron chi connectivity index (χ2n) is 4.96. The van der Waals surface area contributed by atoms with E-state index in [1.165, 1.54) is 0 Å². The molecule has 0 aromatic carbocycles. The number of anilines is 1. The van der Waals surface area contributed by atoms with Gasteiger partial charge in [-0.25, -0.2) is 9.97 Å². The van der Waals surface area contributed by atoms with Crippen molar-refractivity contribution in [3.63, 3.8) is 0 Å². The van der Waals surface area contributed by atoms with Gasteiger partial charge < -0.3 is 5.32 Å². The molecule has 1 heterocycles. The smallest absolute Gasteiger partial charge is 0.144 e. The van der Waals surface area contributed by atoms with Gasteiger partial charge in [0, 0.05) is 13.0 Å². The predicted molar refractivity (Wildman–Crippen MR) is 81.0 cm³/mol. The highest BCUT2D eigenvalue weighted by atomic mass is 79.9. The number of aryl methyl sites for hydroxylation is 2. The van der Waals surface area contributed by atoms with Crippen molar-refractivity contribution in [1.29, 1.82) is 0 Å². The highest BCUT2D eigenvalue weighted by Crippen LogP contribution is 2.24. The molecule has 0 amide bonds. The van der Waals surface area contributed by atoms with E-state index in [-0.39, 0.29) is 0 Å². The fourth-order valence-corrected chi connectivity index (χ4v) is 2.27. The van der Waals surface area contributed by atoms with Gasteiger partial charge in [0.05, 0.1) is 10.2 Å². The first-order chi connectivity index (χ1) is 8.58. The Labute approximate surface area is 119 Å². The molecule has 0 fully saturated rings. The van der Waals surface area contributed by atoms with Crippen LogP contribution in [0.3, 0.4) is 0 Å². The van der Waals surface area contributed by atoms with Crippen LogP contribution >= 0.6 is 15.9 Å². The molecule has 0 radical (unpaired) electrons. The second kappa shape index (κ2) is 7.72. The molecule has 1 rings (SSSR count). The van der Waals surface area contributed by atoms with Crippen LogP contribution in [-0.4, -0.2) is 16.5 Å². The molecule has 0 unspecified atom stereocenters. The molecule has 0 aliphatic carbocycles. The van der Waals surface area contributed by atoms with Gasteiger partial charge in [0.15, 0.2) is 0 Å². The first-order valence-corrected chi connectivity index (χ1v) is 7.66. The lowest BCUT2D eigenvalue weighted by atomic mass is 10.1. The molecule has 0 atom stereocenters. The van der Waals surface area contributed by atoms with Crippen molar-refractivity contribution in [2.75, 3.05) is 11.9 Å². The molecule has 1 N–H and O–H groups in total. The summed E-state index contributed by atoms with van der Waals surface area (Å²) in [5.74, 6) is 2.60. The minimum atomic E-state index is 0.689. The maximum absolute atomic E-state index is 4.63. The van der Waals surface area contributed by atoms with E-state index in [4.69, 9.17) is 0 Å². The van der Waals surface area contributed by atoms with E-state index < -0.39 is 0 Å². The molecule has 3 nitrogen and oxygen atoms in total. The highest BCUT2D eigenvalue weighted by molar-refractivity contribution is 9.10. The molecule has 18 heavy (non-hydrogen) atoms. The zero-order valence-electron chi connectivity index (χ0n) is 11.9. The van der Waals surface area contributed by atoms with Crippen LogP contribution in [0.25, 0.3) is 0 Å². The van der Waals surface area contributed by atoms with E-state index in [1.807, 2.05) is 0 Å². The minimum absolute atomic E-state index is 0.689. The number of nitrogens with zero attached hydrogens (tertiary/aromatic N) is 2. The average Bonchev–Trinajstić information content (AvgIpc) is 2.35. The fourth-order valence-electron chi connectivity index (χ4n) is 1.67. The molecule has 0 bridgehead atoms. The van der Waals surface area contributed by atoms with Crippen LogP contribution < -0.4 is 5.32 Å². The van der Waals surface area contributed by atoms with Gasteiger partial charge in [0.1, 0.15) is 11.6 Å². The molecule has 0 spiro atoms. The maximum atomic E-state index is 4.63. The van der Waals surface area contributed by atoms with Gasteiger partial charge in [-0.3, -0.25) is 0 Å². The van der Waals surface area contributed by atoms with E-state index in [1.54, 1.807) is 0 Å². The SMILES string of the molecule is CCCNc1nc(CCC(C)C)nc(CC)c1Br. The third-order valence-electron chi connectivity index (χ3n) is 2.79. The monoisotopic (exact) mass is 313 g/mol. The Balaban J connectivity index is 2.90. The molecule has 1 aromatic heterocycles. The highest BCUT2D eigenvalue weighted by Gasteiger charge is 2.11. The van der Waals surface area contributed by atoms with Crippen molar-refractivity contribution in [3.05, 3.63) is 16.0 Å². The first kappa shape index (κ1) is 15.4. The van der Waals surface area contributed by atoms with Crippen LogP contribution in [0, 0.1) is 5.92 Å². The normalized spacial score (nSPS) is 11.0. The Kier molecular flexibility index (Phi) is 6.61. The van der Waals surface area contributed by atoms with Crippen molar-refractivity contribution in [2.45, 2.75) is 53.4 Å². The lowest BCUT2D eigenvalue weighted by Gasteiger charge is -2.12. The van der Waals surface area contributed by atoms with Crippen LogP contribution in [0.1, 0.15) is 52.1 Å². The van der Waals surface area contributed by atoms with Crippen LogP contribution in [0.5, 0.6) is 0 Å². The molecule has 102 valence electrons.